The molecule has 3 unspecified atom stereocenters. The van der Waals surface area contributed by atoms with E-state index in [0.717, 1.165) is 51.3 Å². The van der Waals surface area contributed by atoms with Gasteiger partial charge in [-0.05, 0) is 77.5 Å². The van der Waals surface area contributed by atoms with Crippen molar-refractivity contribution in [3.63, 3.8) is 0 Å². The molecule has 2 aliphatic heterocycles. The molecule has 3 fully saturated rings. The molecule has 0 bridgehead atoms. The molecule has 0 spiro atoms. The van der Waals surface area contributed by atoms with Crippen LogP contribution in [0.4, 0.5) is 0 Å². The Kier molecular flexibility index (Phi) is 12.0. The van der Waals surface area contributed by atoms with Crippen LogP contribution in [0.25, 0.3) is 0 Å². The first-order valence-electron chi connectivity index (χ1n) is 15.6. The number of hydrogen-bond donors (Lipinski definition) is 2. The number of likely N-dealkylation sites (N-methyl/N-ethyl adjacent to an activating group) is 1. The Bertz CT molecular complexity index is 910. The fraction of sp³-hybridized carbons (Fsp3) is 0.750. The highest BCUT2D eigenvalue weighted by molar-refractivity contribution is 6.05. The van der Waals surface area contributed by atoms with Crippen LogP contribution in [0.5, 0.6) is 0 Å². The second-order valence-corrected chi connectivity index (χ2v) is 12.1. The van der Waals surface area contributed by atoms with Gasteiger partial charge in [0.25, 0.3) is 0 Å². The lowest BCUT2D eigenvalue weighted by molar-refractivity contribution is 0.0560. The average Bonchev–Trinajstić information content (AvgIpc) is 3.38. The molecule has 2 saturated heterocycles. The van der Waals surface area contributed by atoms with Crippen LogP contribution in [-0.2, 0) is 4.74 Å². The van der Waals surface area contributed by atoms with Crippen molar-refractivity contribution in [2.24, 2.45) is 27.6 Å². The molecule has 7 nitrogen and oxygen atoms in total. The van der Waals surface area contributed by atoms with E-state index in [1.165, 1.54) is 61.8 Å². The number of piperidine rings is 1. The summed E-state index contributed by atoms with van der Waals surface area (Å²) in [4.78, 5) is 15.0. The first-order valence-corrected chi connectivity index (χ1v) is 15.6. The third-order valence-corrected chi connectivity index (χ3v) is 9.24. The normalized spacial score (nSPS) is 29.1. The maximum Gasteiger partial charge on any atom is 0.0770 e. The fourth-order valence-electron chi connectivity index (χ4n) is 6.81. The zero-order valence-corrected chi connectivity index (χ0v) is 24.9. The maximum atomic E-state index is 6.74. The summed E-state index contributed by atoms with van der Waals surface area (Å²) in [5.41, 5.74) is 11.7. The van der Waals surface area contributed by atoms with E-state index in [4.69, 9.17) is 20.5 Å². The van der Waals surface area contributed by atoms with Crippen molar-refractivity contribution in [3.8, 4) is 0 Å². The van der Waals surface area contributed by atoms with Gasteiger partial charge in [-0.15, -0.1) is 0 Å². The minimum Gasteiger partial charge on any atom is -0.375 e. The summed E-state index contributed by atoms with van der Waals surface area (Å²) >= 11 is 0. The van der Waals surface area contributed by atoms with Crippen molar-refractivity contribution in [1.29, 1.82) is 0 Å². The highest BCUT2D eigenvalue weighted by Gasteiger charge is 2.35. The second kappa shape index (κ2) is 15.4. The number of rotatable bonds is 12. The van der Waals surface area contributed by atoms with Crippen LogP contribution in [0, 0.1) is 11.8 Å². The Labute approximate surface area is 237 Å². The Morgan fingerprint density at radius 3 is 2.64 bits per heavy atom. The van der Waals surface area contributed by atoms with E-state index in [2.05, 4.69) is 54.0 Å². The number of ether oxygens (including phenoxy) is 1. The molecule has 7 heteroatoms. The van der Waals surface area contributed by atoms with Gasteiger partial charge >= 0.3 is 0 Å². The molecule has 0 amide bonds. The molecule has 2 heterocycles. The number of nitrogens with two attached hydrogens (primary N) is 1. The monoisotopic (exact) mass is 538 g/mol. The van der Waals surface area contributed by atoms with Crippen LogP contribution in [-0.4, -0.2) is 100 Å². The Hall–Kier alpha value is -1.64. The summed E-state index contributed by atoms with van der Waals surface area (Å²) in [5, 5.41) is 3.18. The third-order valence-electron chi connectivity index (χ3n) is 9.24. The van der Waals surface area contributed by atoms with Crippen LogP contribution >= 0.6 is 0 Å². The van der Waals surface area contributed by atoms with E-state index in [-0.39, 0.29) is 18.1 Å². The van der Waals surface area contributed by atoms with Gasteiger partial charge in [-0.2, -0.15) is 0 Å². The van der Waals surface area contributed by atoms with Gasteiger partial charge in [-0.25, -0.2) is 0 Å². The number of hydrogen-bond acceptors (Lipinski definition) is 7. The highest BCUT2D eigenvalue weighted by atomic mass is 16.5. The molecule has 4 aliphatic rings. The van der Waals surface area contributed by atoms with E-state index in [1.54, 1.807) is 0 Å². The predicted molar refractivity (Wildman–Crippen MR) is 165 cm³/mol. The molecular weight excluding hydrogens is 484 g/mol. The highest BCUT2D eigenvalue weighted by Crippen LogP contribution is 2.37. The van der Waals surface area contributed by atoms with Crippen molar-refractivity contribution in [3.05, 3.63) is 35.1 Å². The summed E-state index contributed by atoms with van der Waals surface area (Å²) in [6.07, 6.45) is 18.2. The molecule has 4 rings (SSSR count). The smallest absolute Gasteiger partial charge is 0.0770 e. The number of likely N-dealkylation sites (tertiary alicyclic amines) is 2. The lowest BCUT2D eigenvalue weighted by atomic mass is 9.78. The standard InChI is InChI=1S/C32H54N6O/c1-5-9-27(39-19-16-34-2)21-36-31-23-38(26-14-17-37(4)18-15-26)22-29(31)32(35-3)28-20-25(12-13-30(28)33)24-10-7-6-8-11-24/h12-13,20,24,26-28,30,34H,3,5-11,14-19,21-23,33H2,1-2,4H3/b32-29-,36-31-. The third kappa shape index (κ3) is 8.20. The van der Waals surface area contributed by atoms with Crippen LogP contribution < -0.4 is 11.1 Å². The number of aliphatic imine (C=N–C) groups is 2. The van der Waals surface area contributed by atoms with E-state index >= 15 is 0 Å². The lowest BCUT2D eigenvalue weighted by Crippen LogP contribution is -2.42. The van der Waals surface area contributed by atoms with Gasteiger partial charge in [0.05, 0.1) is 30.7 Å². The minimum absolute atomic E-state index is 0.0559. The van der Waals surface area contributed by atoms with E-state index in [9.17, 15) is 0 Å². The molecule has 1 saturated carbocycles. The Morgan fingerprint density at radius 2 is 1.95 bits per heavy atom. The van der Waals surface area contributed by atoms with Gasteiger partial charge < -0.3 is 20.7 Å². The van der Waals surface area contributed by atoms with Gasteiger partial charge in [0.15, 0.2) is 0 Å². The first-order chi connectivity index (χ1) is 19.0. The molecule has 0 radical (unpaired) electrons. The molecule has 3 N–H and O–H groups in total. The van der Waals surface area contributed by atoms with Crippen LogP contribution in [0.2, 0.25) is 0 Å². The van der Waals surface area contributed by atoms with Crippen molar-refractivity contribution >= 4 is 12.4 Å². The van der Waals surface area contributed by atoms with Crippen LogP contribution in [0.3, 0.4) is 0 Å². The van der Waals surface area contributed by atoms with Crippen molar-refractivity contribution in [1.82, 2.24) is 15.1 Å². The summed E-state index contributed by atoms with van der Waals surface area (Å²) in [6.45, 7) is 12.7. The molecule has 3 atom stereocenters. The molecule has 218 valence electrons. The van der Waals surface area contributed by atoms with Crippen LogP contribution in [0.15, 0.2) is 45.1 Å². The maximum absolute atomic E-state index is 6.74. The zero-order chi connectivity index (χ0) is 27.6. The molecule has 39 heavy (non-hydrogen) atoms. The summed E-state index contributed by atoms with van der Waals surface area (Å²) < 4.78 is 6.20. The van der Waals surface area contributed by atoms with Gasteiger partial charge in [0.2, 0.25) is 0 Å². The average molecular weight is 539 g/mol. The number of allylic oxidation sites excluding steroid dienone is 2. The van der Waals surface area contributed by atoms with E-state index in [0.29, 0.717) is 25.1 Å². The second-order valence-electron chi connectivity index (χ2n) is 12.1. The largest absolute Gasteiger partial charge is 0.375 e. The molecule has 0 aromatic rings. The zero-order valence-electron chi connectivity index (χ0n) is 24.9. The predicted octanol–water partition coefficient (Wildman–Crippen LogP) is 4.22. The van der Waals surface area contributed by atoms with Crippen molar-refractivity contribution in [2.75, 3.05) is 60.0 Å². The molecule has 0 aromatic heterocycles. The van der Waals surface area contributed by atoms with Crippen molar-refractivity contribution < 1.29 is 4.74 Å². The summed E-state index contributed by atoms with van der Waals surface area (Å²) in [6, 6.07) is 0.503. The SMILES string of the molecule is C=N/C(=C1/CN(C2CCN(C)CC2)C/C1=N/CC(CCC)OCCNC)C1C=C(C2CCCCC2)C=CC1N. The summed E-state index contributed by atoms with van der Waals surface area (Å²) in [7, 11) is 4.20. The summed E-state index contributed by atoms with van der Waals surface area (Å²) in [5.74, 6) is 0.707. The van der Waals surface area contributed by atoms with Gasteiger partial charge in [-0.1, -0.05) is 50.8 Å². The molecule has 2 aliphatic carbocycles. The van der Waals surface area contributed by atoms with Crippen LogP contribution in [0.1, 0.15) is 64.7 Å². The number of nitrogens with one attached hydrogen (secondary N) is 1. The Balaban J connectivity index is 1.62. The van der Waals surface area contributed by atoms with Gasteiger partial charge in [-0.3, -0.25) is 14.9 Å². The van der Waals surface area contributed by atoms with Gasteiger partial charge in [0.1, 0.15) is 0 Å². The van der Waals surface area contributed by atoms with Gasteiger partial charge in [0, 0.05) is 43.2 Å². The number of nitrogens with zero attached hydrogens (tertiary/aromatic N) is 4. The molecule has 0 aromatic carbocycles. The molecular formula is C32H54N6O. The first kappa shape index (κ1) is 30.3. The van der Waals surface area contributed by atoms with Crippen molar-refractivity contribution in [2.45, 2.75) is 82.9 Å². The Morgan fingerprint density at radius 1 is 1.18 bits per heavy atom. The van der Waals surface area contributed by atoms with E-state index < -0.39 is 0 Å². The topological polar surface area (TPSA) is 78.5 Å². The minimum atomic E-state index is -0.0818. The quantitative estimate of drug-likeness (QED) is 0.287. The fourth-order valence-corrected chi connectivity index (χ4v) is 6.81. The van der Waals surface area contributed by atoms with E-state index in [1.807, 2.05) is 7.05 Å². The lowest BCUT2D eigenvalue weighted by Gasteiger charge is -2.34.